The number of rotatable bonds is 8. The molecule has 100 valence electrons. The topological polar surface area (TPSA) is 58.6 Å². The van der Waals surface area contributed by atoms with E-state index in [0.717, 1.165) is 12.8 Å². The molecule has 0 aliphatic rings. The highest BCUT2D eigenvalue weighted by atomic mass is 16.5. The third-order valence-corrected chi connectivity index (χ3v) is 2.47. The molecule has 5 heteroatoms. The highest BCUT2D eigenvalue weighted by molar-refractivity contribution is 5.78. The van der Waals surface area contributed by atoms with Gasteiger partial charge in [0.25, 0.3) is 0 Å². The average Bonchev–Trinajstić information content (AvgIpc) is 2.25. The number of likely N-dealkylation sites (N-methyl/N-ethyl adjacent to an activating group) is 1. The van der Waals surface area contributed by atoms with E-state index in [1.807, 2.05) is 18.9 Å². The van der Waals surface area contributed by atoms with E-state index in [2.05, 4.69) is 17.0 Å². The van der Waals surface area contributed by atoms with Crippen LogP contribution in [0.2, 0.25) is 0 Å². The average molecular weight is 244 g/mol. The van der Waals surface area contributed by atoms with Crippen LogP contribution < -0.4 is 5.32 Å². The van der Waals surface area contributed by atoms with Gasteiger partial charge in [0.2, 0.25) is 5.91 Å². The Morgan fingerprint density at radius 3 is 2.59 bits per heavy atom. The van der Waals surface area contributed by atoms with Crippen molar-refractivity contribution in [2.75, 3.05) is 27.2 Å². The molecule has 0 fully saturated rings. The van der Waals surface area contributed by atoms with Gasteiger partial charge in [-0.1, -0.05) is 13.3 Å². The van der Waals surface area contributed by atoms with Gasteiger partial charge in [0.05, 0.1) is 20.1 Å². The fraction of sp³-hybridized carbons (Fsp3) is 0.833. The van der Waals surface area contributed by atoms with Crippen LogP contribution in [0.4, 0.5) is 0 Å². The quantitative estimate of drug-likeness (QED) is 0.641. The van der Waals surface area contributed by atoms with E-state index in [0.29, 0.717) is 19.5 Å². The van der Waals surface area contributed by atoms with Crippen molar-refractivity contribution in [3.63, 3.8) is 0 Å². The molecule has 1 atom stereocenters. The van der Waals surface area contributed by atoms with Crippen molar-refractivity contribution in [3.8, 4) is 0 Å². The molecule has 0 rings (SSSR count). The minimum atomic E-state index is -0.253. The normalized spacial score (nSPS) is 12.3. The molecular weight excluding hydrogens is 220 g/mol. The highest BCUT2D eigenvalue weighted by Gasteiger charge is 2.10. The Morgan fingerprint density at radius 2 is 2.06 bits per heavy atom. The lowest BCUT2D eigenvalue weighted by Gasteiger charge is -2.18. The monoisotopic (exact) mass is 244 g/mol. The van der Waals surface area contributed by atoms with Gasteiger partial charge in [-0.3, -0.25) is 14.5 Å². The maximum absolute atomic E-state index is 11.6. The summed E-state index contributed by atoms with van der Waals surface area (Å²) >= 11 is 0. The fourth-order valence-electron chi connectivity index (χ4n) is 1.53. The minimum Gasteiger partial charge on any atom is -0.469 e. The summed E-state index contributed by atoms with van der Waals surface area (Å²) in [5.41, 5.74) is 0. The molecule has 0 bridgehead atoms. The van der Waals surface area contributed by atoms with Crippen molar-refractivity contribution in [1.29, 1.82) is 0 Å². The lowest BCUT2D eigenvalue weighted by Crippen LogP contribution is -2.40. The molecule has 0 spiro atoms. The van der Waals surface area contributed by atoms with Crippen molar-refractivity contribution < 1.29 is 14.3 Å². The summed E-state index contributed by atoms with van der Waals surface area (Å²) in [6, 6.07) is 0.210. The van der Waals surface area contributed by atoms with Gasteiger partial charge in [0.15, 0.2) is 0 Å². The number of nitrogens with one attached hydrogen (secondary N) is 1. The first-order valence-electron chi connectivity index (χ1n) is 6.04. The number of esters is 1. The number of amides is 1. The molecule has 0 aliphatic heterocycles. The molecule has 0 aromatic carbocycles. The van der Waals surface area contributed by atoms with Crippen LogP contribution in [0.15, 0.2) is 0 Å². The van der Waals surface area contributed by atoms with Gasteiger partial charge >= 0.3 is 5.97 Å². The van der Waals surface area contributed by atoms with Crippen LogP contribution >= 0.6 is 0 Å². The second kappa shape index (κ2) is 8.98. The Bertz CT molecular complexity index is 244. The van der Waals surface area contributed by atoms with Crippen LogP contribution in [0.5, 0.6) is 0 Å². The summed E-state index contributed by atoms with van der Waals surface area (Å²) in [6.07, 6.45) is 2.35. The zero-order valence-electron chi connectivity index (χ0n) is 11.3. The Kier molecular flexibility index (Phi) is 8.40. The van der Waals surface area contributed by atoms with E-state index in [4.69, 9.17) is 0 Å². The number of hydrogen-bond donors (Lipinski definition) is 1. The predicted molar refractivity (Wildman–Crippen MR) is 66.6 cm³/mol. The van der Waals surface area contributed by atoms with Crippen molar-refractivity contribution in [1.82, 2.24) is 10.2 Å². The number of methoxy groups -OCH3 is 1. The summed E-state index contributed by atoms with van der Waals surface area (Å²) in [6.45, 7) is 4.92. The first-order chi connectivity index (χ1) is 7.99. The van der Waals surface area contributed by atoms with Crippen molar-refractivity contribution in [2.45, 2.75) is 39.2 Å². The van der Waals surface area contributed by atoms with Gasteiger partial charge in [0.1, 0.15) is 0 Å². The molecule has 1 N–H and O–H groups in total. The zero-order chi connectivity index (χ0) is 13.3. The van der Waals surface area contributed by atoms with Crippen LogP contribution in [0.3, 0.4) is 0 Å². The number of hydrogen-bond acceptors (Lipinski definition) is 4. The fourth-order valence-corrected chi connectivity index (χ4v) is 1.53. The third-order valence-electron chi connectivity index (χ3n) is 2.47. The lowest BCUT2D eigenvalue weighted by molar-refractivity contribution is -0.141. The van der Waals surface area contributed by atoms with Crippen LogP contribution in [0.1, 0.15) is 33.1 Å². The zero-order valence-corrected chi connectivity index (χ0v) is 11.3. The maximum atomic E-state index is 11.6. The van der Waals surface area contributed by atoms with Gasteiger partial charge in [0, 0.05) is 12.6 Å². The number of carbonyl (C=O) groups is 2. The molecular formula is C12H24N2O3. The Morgan fingerprint density at radius 1 is 1.41 bits per heavy atom. The summed E-state index contributed by atoms with van der Waals surface area (Å²) in [7, 11) is 3.18. The predicted octanol–water partition coefficient (Wildman–Crippen LogP) is 0.786. The van der Waals surface area contributed by atoms with E-state index in [9.17, 15) is 9.59 Å². The number of nitrogens with zero attached hydrogens (tertiary/aromatic N) is 1. The smallest absolute Gasteiger partial charge is 0.306 e. The summed E-state index contributed by atoms with van der Waals surface area (Å²) in [5.74, 6) is -0.255. The molecule has 0 aromatic rings. The molecule has 0 aliphatic carbocycles. The Balaban J connectivity index is 3.76. The van der Waals surface area contributed by atoms with Crippen LogP contribution in [-0.4, -0.2) is 50.1 Å². The Labute approximate surface area is 103 Å². The van der Waals surface area contributed by atoms with E-state index in [1.165, 1.54) is 7.11 Å². The molecule has 1 amide bonds. The van der Waals surface area contributed by atoms with Gasteiger partial charge in [-0.05, 0) is 20.4 Å². The molecule has 17 heavy (non-hydrogen) atoms. The van der Waals surface area contributed by atoms with E-state index in [1.54, 1.807) is 0 Å². The van der Waals surface area contributed by atoms with Crippen molar-refractivity contribution in [3.05, 3.63) is 0 Å². The van der Waals surface area contributed by atoms with Gasteiger partial charge in [-0.2, -0.15) is 0 Å². The van der Waals surface area contributed by atoms with E-state index >= 15 is 0 Å². The Hall–Kier alpha value is -1.10. The summed E-state index contributed by atoms with van der Waals surface area (Å²) < 4.78 is 4.54. The first-order valence-corrected chi connectivity index (χ1v) is 6.04. The van der Waals surface area contributed by atoms with E-state index < -0.39 is 0 Å². The SMILES string of the molecule is CCCC(C)NC(=O)CN(C)CCC(=O)OC. The standard InChI is InChI=1S/C12H24N2O3/c1-5-6-10(2)13-11(15)9-14(3)8-7-12(16)17-4/h10H,5-9H2,1-4H3,(H,13,15). The van der Waals surface area contributed by atoms with Crippen LogP contribution in [-0.2, 0) is 14.3 Å². The summed E-state index contributed by atoms with van der Waals surface area (Å²) in [5, 5.41) is 2.92. The minimum absolute atomic E-state index is 0.00156. The molecule has 0 heterocycles. The number of carbonyl (C=O) groups excluding carboxylic acids is 2. The van der Waals surface area contributed by atoms with Crippen LogP contribution in [0, 0.1) is 0 Å². The second-order valence-electron chi connectivity index (χ2n) is 4.32. The molecule has 1 unspecified atom stereocenters. The summed E-state index contributed by atoms with van der Waals surface area (Å²) in [4.78, 5) is 24.3. The highest BCUT2D eigenvalue weighted by Crippen LogP contribution is 1.95. The molecule has 0 saturated heterocycles. The molecule has 0 saturated carbocycles. The molecule has 5 nitrogen and oxygen atoms in total. The number of ether oxygens (including phenoxy) is 1. The second-order valence-corrected chi connectivity index (χ2v) is 4.32. The lowest BCUT2D eigenvalue weighted by atomic mass is 10.2. The maximum Gasteiger partial charge on any atom is 0.306 e. The van der Waals surface area contributed by atoms with Crippen LogP contribution in [0.25, 0.3) is 0 Å². The molecule has 0 radical (unpaired) electrons. The van der Waals surface area contributed by atoms with Gasteiger partial charge in [-0.25, -0.2) is 0 Å². The van der Waals surface area contributed by atoms with Gasteiger partial charge in [-0.15, -0.1) is 0 Å². The van der Waals surface area contributed by atoms with Crippen molar-refractivity contribution in [2.24, 2.45) is 0 Å². The van der Waals surface area contributed by atoms with E-state index in [-0.39, 0.29) is 17.9 Å². The van der Waals surface area contributed by atoms with Crippen molar-refractivity contribution >= 4 is 11.9 Å². The molecule has 0 aromatic heterocycles. The third kappa shape index (κ3) is 8.68. The largest absolute Gasteiger partial charge is 0.469 e. The van der Waals surface area contributed by atoms with Gasteiger partial charge < -0.3 is 10.1 Å². The first kappa shape index (κ1) is 15.9.